The number of anilines is 1. The summed E-state index contributed by atoms with van der Waals surface area (Å²) in [6, 6.07) is 17.7. The molecule has 5 heteroatoms. The van der Waals surface area contributed by atoms with Gasteiger partial charge in [0.2, 0.25) is 5.91 Å². The highest BCUT2D eigenvalue weighted by atomic mass is 16.4. The lowest BCUT2D eigenvalue weighted by atomic mass is 10.0. The minimum absolute atomic E-state index is 0.0693. The van der Waals surface area contributed by atoms with Crippen molar-refractivity contribution in [2.75, 3.05) is 25.0 Å². The van der Waals surface area contributed by atoms with E-state index in [1.165, 1.54) is 5.56 Å². The molecule has 2 aromatic rings. The summed E-state index contributed by atoms with van der Waals surface area (Å²) in [7, 11) is 0. The van der Waals surface area contributed by atoms with Crippen LogP contribution in [0.5, 0.6) is 0 Å². The maximum absolute atomic E-state index is 12.3. The van der Waals surface area contributed by atoms with Crippen LogP contribution >= 0.6 is 0 Å². The lowest BCUT2D eigenvalue weighted by Gasteiger charge is -2.19. The van der Waals surface area contributed by atoms with Gasteiger partial charge in [-0.1, -0.05) is 55.5 Å². The van der Waals surface area contributed by atoms with Crippen LogP contribution in [-0.2, 0) is 16.0 Å². The molecule has 0 aliphatic rings. The molecule has 0 bridgehead atoms. The Morgan fingerprint density at radius 3 is 2.36 bits per heavy atom. The molecule has 0 spiro atoms. The number of aliphatic carboxylic acids is 1. The Morgan fingerprint density at radius 2 is 1.68 bits per heavy atom. The lowest BCUT2D eigenvalue weighted by molar-refractivity contribution is -0.138. The average Bonchev–Trinajstić information content (AvgIpc) is 2.57. The Hall–Kier alpha value is -2.66. The standard InChI is InChI=1S/C20H24N2O3/c1-2-12-22(15-20(24)25)14-19(23)21-18-11-7-6-10-17(18)13-16-8-4-3-5-9-16/h3-11H,2,12-15H2,1H3,(H,21,23)(H,24,25). The SMILES string of the molecule is CCCN(CC(=O)O)CC(=O)Nc1ccccc1Cc1ccccc1. The zero-order valence-electron chi connectivity index (χ0n) is 14.4. The van der Waals surface area contributed by atoms with Gasteiger partial charge >= 0.3 is 5.97 Å². The van der Waals surface area contributed by atoms with Crippen molar-refractivity contribution in [2.24, 2.45) is 0 Å². The number of para-hydroxylation sites is 1. The molecule has 2 aromatic carbocycles. The quantitative estimate of drug-likeness (QED) is 0.736. The molecule has 2 rings (SSSR count). The second kappa shape index (κ2) is 9.59. The summed E-state index contributed by atoms with van der Waals surface area (Å²) in [5.74, 6) is -1.12. The summed E-state index contributed by atoms with van der Waals surface area (Å²) < 4.78 is 0. The second-order valence-corrected chi connectivity index (χ2v) is 5.97. The van der Waals surface area contributed by atoms with E-state index in [1.807, 2.05) is 49.4 Å². The monoisotopic (exact) mass is 340 g/mol. The maximum atomic E-state index is 12.3. The van der Waals surface area contributed by atoms with Crippen LogP contribution in [0.15, 0.2) is 54.6 Å². The number of hydrogen-bond donors (Lipinski definition) is 2. The van der Waals surface area contributed by atoms with Gasteiger partial charge in [0.1, 0.15) is 0 Å². The van der Waals surface area contributed by atoms with Crippen LogP contribution in [0.25, 0.3) is 0 Å². The molecule has 0 unspecified atom stereocenters. The average molecular weight is 340 g/mol. The van der Waals surface area contributed by atoms with Crippen LogP contribution in [0, 0.1) is 0 Å². The van der Waals surface area contributed by atoms with E-state index >= 15 is 0 Å². The first-order valence-corrected chi connectivity index (χ1v) is 8.44. The molecule has 0 aliphatic carbocycles. The van der Waals surface area contributed by atoms with E-state index in [9.17, 15) is 9.59 Å². The zero-order valence-corrected chi connectivity index (χ0v) is 14.4. The van der Waals surface area contributed by atoms with Crippen LogP contribution in [0.3, 0.4) is 0 Å². The summed E-state index contributed by atoms with van der Waals surface area (Å²) >= 11 is 0. The van der Waals surface area contributed by atoms with Gasteiger partial charge in [-0.3, -0.25) is 14.5 Å². The van der Waals surface area contributed by atoms with E-state index in [0.29, 0.717) is 6.54 Å². The number of carboxylic acids is 1. The number of carboxylic acid groups (broad SMARTS) is 1. The molecule has 132 valence electrons. The highest BCUT2D eigenvalue weighted by Crippen LogP contribution is 2.19. The Labute approximate surface area is 148 Å². The minimum Gasteiger partial charge on any atom is -0.480 e. The number of hydrogen-bond acceptors (Lipinski definition) is 3. The summed E-state index contributed by atoms with van der Waals surface area (Å²) in [4.78, 5) is 24.9. The van der Waals surface area contributed by atoms with Crippen molar-refractivity contribution in [1.29, 1.82) is 0 Å². The Bertz CT molecular complexity index is 701. The van der Waals surface area contributed by atoms with E-state index < -0.39 is 5.97 Å². The molecule has 0 fully saturated rings. The van der Waals surface area contributed by atoms with Crippen molar-refractivity contribution < 1.29 is 14.7 Å². The third-order valence-electron chi connectivity index (χ3n) is 3.79. The number of nitrogens with one attached hydrogen (secondary N) is 1. The fourth-order valence-electron chi connectivity index (χ4n) is 2.73. The van der Waals surface area contributed by atoms with Gasteiger partial charge in [-0.25, -0.2) is 0 Å². The van der Waals surface area contributed by atoms with E-state index in [4.69, 9.17) is 5.11 Å². The van der Waals surface area contributed by atoms with Gasteiger partial charge in [0.05, 0.1) is 13.1 Å². The fourth-order valence-corrected chi connectivity index (χ4v) is 2.73. The molecule has 1 amide bonds. The van der Waals surface area contributed by atoms with Crippen molar-refractivity contribution in [3.8, 4) is 0 Å². The van der Waals surface area contributed by atoms with Crippen molar-refractivity contribution >= 4 is 17.6 Å². The normalized spacial score (nSPS) is 10.6. The first kappa shape index (κ1) is 18.7. The number of amides is 1. The molecular formula is C20H24N2O3. The third-order valence-corrected chi connectivity index (χ3v) is 3.79. The van der Waals surface area contributed by atoms with Crippen LogP contribution in [0.2, 0.25) is 0 Å². The summed E-state index contributed by atoms with van der Waals surface area (Å²) in [5, 5.41) is 11.9. The van der Waals surface area contributed by atoms with Crippen molar-refractivity contribution in [3.05, 3.63) is 65.7 Å². The lowest BCUT2D eigenvalue weighted by Crippen LogP contribution is -2.37. The first-order valence-electron chi connectivity index (χ1n) is 8.44. The van der Waals surface area contributed by atoms with E-state index in [0.717, 1.165) is 24.1 Å². The molecule has 25 heavy (non-hydrogen) atoms. The Kier molecular flexibility index (Phi) is 7.16. The van der Waals surface area contributed by atoms with Crippen molar-refractivity contribution in [2.45, 2.75) is 19.8 Å². The van der Waals surface area contributed by atoms with Gasteiger partial charge in [-0.05, 0) is 36.6 Å². The largest absolute Gasteiger partial charge is 0.480 e. The van der Waals surface area contributed by atoms with Gasteiger partial charge in [0, 0.05) is 5.69 Å². The molecule has 0 saturated carbocycles. The van der Waals surface area contributed by atoms with E-state index in [1.54, 1.807) is 4.90 Å². The smallest absolute Gasteiger partial charge is 0.317 e. The van der Waals surface area contributed by atoms with Crippen LogP contribution in [-0.4, -0.2) is 41.5 Å². The predicted molar refractivity (Wildman–Crippen MR) is 98.7 cm³/mol. The third kappa shape index (κ3) is 6.39. The molecule has 0 heterocycles. The van der Waals surface area contributed by atoms with Crippen molar-refractivity contribution in [3.63, 3.8) is 0 Å². The van der Waals surface area contributed by atoms with Crippen molar-refractivity contribution in [1.82, 2.24) is 4.90 Å². The molecular weight excluding hydrogens is 316 g/mol. The van der Waals surface area contributed by atoms with E-state index in [-0.39, 0.29) is 19.0 Å². The summed E-state index contributed by atoms with van der Waals surface area (Å²) in [6.45, 7) is 2.47. The number of carbonyl (C=O) groups excluding carboxylic acids is 1. The number of benzene rings is 2. The van der Waals surface area contributed by atoms with Gasteiger partial charge < -0.3 is 10.4 Å². The van der Waals surface area contributed by atoms with Gasteiger partial charge in [0.25, 0.3) is 0 Å². The fraction of sp³-hybridized carbons (Fsp3) is 0.300. The molecule has 0 saturated heterocycles. The number of rotatable bonds is 9. The second-order valence-electron chi connectivity index (χ2n) is 5.97. The van der Waals surface area contributed by atoms with Crippen LogP contribution in [0.1, 0.15) is 24.5 Å². The zero-order chi connectivity index (χ0) is 18.1. The maximum Gasteiger partial charge on any atom is 0.317 e. The molecule has 0 radical (unpaired) electrons. The number of nitrogens with zero attached hydrogens (tertiary/aromatic N) is 1. The molecule has 0 aromatic heterocycles. The molecule has 2 N–H and O–H groups in total. The predicted octanol–water partition coefficient (Wildman–Crippen LogP) is 3.01. The van der Waals surface area contributed by atoms with Crippen LogP contribution < -0.4 is 5.32 Å². The first-order chi connectivity index (χ1) is 12.1. The summed E-state index contributed by atoms with van der Waals surface area (Å²) in [5.41, 5.74) is 2.97. The Balaban J connectivity index is 2.04. The molecule has 0 atom stereocenters. The highest BCUT2D eigenvalue weighted by Gasteiger charge is 2.14. The van der Waals surface area contributed by atoms with Gasteiger partial charge in [-0.15, -0.1) is 0 Å². The molecule has 0 aliphatic heterocycles. The minimum atomic E-state index is -0.925. The molecule has 5 nitrogen and oxygen atoms in total. The van der Waals surface area contributed by atoms with Gasteiger partial charge in [-0.2, -0.15) is 0 Å². The van der Waals surface area contributed by atoms with Crippen LogP contribution in [0.4, 0.5) is 5.69 Å². The highest BCUT2D eigenvalue weighted by molar-refractivity contribution is 5.93. The van der Waals surface area contributed by atoms with Gasteiger partial charge in [0.15, 0.2) is 0 Å². The Morgan fingerprint density at radius 1 is 1.00 bits per heavy atom. The summed E-state index contributed by atoms with van der Waals surface area (Å²) in [6.07, 6.45) is 1.52. The number of carbonyl (C=O) groups is 2. The topological polar surface area (TPSA) is 69.6 Å². The van der Waals surface area contributed by atoms with E-state index in [2.05, 4.69) is 17.4 Å².